The first-order valence-corrected chi connectivity index (χ1v) is 6.65. The second kappa shape index (κ2) is 6.46. The van der Waals surface area contributed by atoms with Gasteiger partial charge >= 0.3 is 5.69 Å². The monoisotopic (exact) mass is 290 g/mol. The number of hydrogen-bond donors (Lipinski definition) is 0. The van der Waals surface area contributed by atoms with Crippen molar-refractivity contribution in [2.75, 3.05) is 25.6 Å². The fourth-order valence-electron chi connectivity index (χ4n) is 1.38. The van der Waals surface area contributed by atoms with Gasteiger partial charge in [0.15, 0.2) is 0 Å². The molecule has 0 saturated heterocycles. The Labute approximate surface area is 112 Å². The van der Waals surface area contributed by atoms with Crippen molar-refractivity contribution in [3.63, 3.8) is 0 Å². The highest BCUT2D eigenvalue weighted by Gasteiger charge is 2.23. The number of nitro benzene ring substituents is 1. The van der Waals surface area contributed by atoms with Gasteiger partial charge in [-0.05, 0) is 12.3 Å². The van der Waals surface area contributed by atoms with Crippen LogP contribution in [0.3, 0.4) is 0 Å². The third-order valence-corrected chi connectivity index (χ3v) is 3.03. The van der Waals surface area contributed by atoms with Gasteiger partial charge in [-0.1, -0.05) is 0 Å². The predicted octanol–water partition coefficient (Wildman–Crippen LogP) is 2.31. The summed E-state index contributed by atoms with van der Waals surface area (Å²) >= 11 is 1.51. The number of hydrogen-bond acceptors (Lipinski definition) is 4. The van der Waals surface area contributed by atoms with Gasteiger partial charge in [0.2, 0.25) is 5.82 Å². The Bertz CT molecular complexity index is 511. The number of carbonyl (C=O) groups excluding carboxylic acids is 1. The standard InChI is InChI=1S/C11H12F2N2O3S/c1-14(3-4-19-2)11(16)7-5-9(13)10(15(17)18)6-8(7)12/h5-6H,3-4H2,1-2H3. The van der Waals surface area contributed by atoms with E-state index in [-0.39, 0.29) is 0 Å². The molecule has 5 nitrogen and oxygen atoms in total. The molecular formula is C11H12F2N2O3S. The molecule has 1 aromatic carbocycles. The van der Waals surface area contributed by atoms with Crippen molar-refractivity contribution in [3.05, 3.63) is 39.4 Å². The highest BCUT2D eigenvalue weighted by molar-refractivity contribution is 7.98. The van der Waals surface area contributed by atoms with E-state index in [1.807, 2.05) is 6.26 Å². The Hall–Kier alpha value is -1.70. The smallest absolute Gasteiger partial charge is 0.307 e. The maximum absolute atomic E-state index is 13.6. The molecule has 1 aromatic rings. The number of carbonyl (C=O) groups is 1. The Morgan fingerprint density at radius 3 is 2.58 bits per heavy atom. The average molecular weight is 290 g/mol. The number of nitro groups is 1. The lowest BCUT2D eigenvalue weighted by atomic mass is 10.1. The summed E-state index contributed by atoms with van der Waals surface area (Å²) in [6.45, 7) is 0.373. The van der Waals surface area contributed by atoms with Gasteiger partial charge in [-0.25, -0.2) is 4.39 Å². The van der Waals surface area contributed by atoms with Crippen LogP contribution in [0.5, 0.6) is 0 Å². The number of benzene rings is 1. The molecular weight excluding hydrogens is 278 g/mol. The van der Waals surface area contributed by atoms with Crippen LogP contribution in [0.1, 0.15) is 10.4 Å². The highest BCUT2D eigenvalue weighted by atomic mass is 32.2. The molecule has 0 unspecified atom stereocenters. The lowest BCUT2D eigenvalue weighted by molar-refractivity contribution is -0.387. The van der Waals surface area contributed by atoms with Crippen LogP contribution < -0.4 is 0 Å². The van der Waals surface area contributed by atoms with Crippen LogP contribution in [0.15, 0.2) is 12.1 Å². The predicted molar refractivity (Wildman–Crippen MR) is 68.4 cm³/mol. The second-order valence-electron chi connectivity index (χ2n) is 3.76. The molecule has 1 amide bonds. The maximum Gasteiger partial charge on any atom is 0.307 e. The molecule has 0 aliphatic rings. The molecule has 8 heteroatoms. The largest absolute Gasteiger partial charge is 0.341 e. The first-order chi connectivity index (χ1) is 8.88. The maximum atomic E-state index is 13.6. The summed E-state index contributed by atoms with van der Waals surface area (Å²) in [5.41, 5.74) is -1.49. The summed E-state index contributed by atoms with van der Waals surface area (Å²) < 4.78 is 27.0. The minimum Gasteiger partial charge on any atom is -0.341 e. The molecule has 104 valence electrons. The summed E-state index contributed by atoms with van der Waals surface area (Å²) in [7, 11) is 1.46. The van der Waals surface area contributed by atoms with Gasteiger partial charge in [0.25, 0.3) is 5.91 Å². The van der Waals surface area contributed by atoms with Crippen LogP contribution >= 0.6 is 11.8 Å². The fourth-order valence-corrected chi connectivity index (χ4v) is 1.83. The van der Waals surface area contributed by atoms with Crippen molar-refractivity contribution in [1.82, 2.24) is 4.90 Å². The van der Waals surface area contributed by atoms with Crippen LogP contribution in [0.4, 0.5) is 14.5 Å². The van der Waals surface area contributed by atoms with Gasteiger partial charge in [0.1, 0.15) is 5.82 Å². The molecule has 0 heterocycles. The fraction of sp³-hybridized carbons (Fsp3) is 0.364. The normalized spacial score (nSPS) is 10.3. The van der Waals surface area contributed by atoms with E-state index in [2.05, 4.69) is 0 Å². The number of nitrogens with zero attached hydrogens (tertiary/aromatic N) is 2. The highest BCUT2D eigenvalue weighted by Crippen LogP contribution is 2.22. The SMILES string of the molecule is CSCCN(C)C(=O)c1cc(F)c([N+](=O)[O-])cc1F. The second-order valence-corrected chi connectivity index (χ2v) is 4.75. The minimum absolute atomic E-state index is 0.373. The van der Waals surface area contributed by atoms with Crippen molar-refractivity contribution in [2.45, 2.75) is 0 Å². The van der Waals surface area contributed by atoms with E-state index in [0.29, 0.717) is 24.4 Å². The Morgan fingerprint density at radius 1 is 1.42 bits per heavy atom. The van der Waals surface area contributed by atoms with Crippen molar-refractivity contribution in [1.29, 1.82) is 0 Å². The molecule has 0 aliphatic carbocycles. The van der Waals surface area contributed by atoms with Crippen molar-refractivity contribution in [3.8, 4) is 0 Å². The van der Waals surface area contributed by atoms with Gasteiger partial charge < -0.3 is 4.90 Å². The van der Waals surface area contributed by atoms with E-state index in [0.717, 1.165) is 0 Å². The van der Waals surface area contributed by atoms with E-state index in [1.165, 1.54) is 23.7 Å². The Balaban J connectivity index is 3.05. The number of thioether (sulfide) groups is 1. The van der Waals surface area contributed by atoms with Gasteiger partial charge in [-0.3, -0.25) is 14.9 Å². The zero-order valence-electron chi connectivity index (χ0n) is 10.4. The van der Waals surface area contributed by atoms with Crippen LogP contribution in [0.25, 0.3) is 0 Å². The molecule has 0 spiro atoms. The molecule has 0 fully saturated rings. The summed E-state index contributed by atoms with van der Waals surface area (Å²) in [6, 6.07) is 0.983. The van der Waals surface area contributed by atoms with Crippen LogP contribution in [0, 0.1) is 21.7 Å². The third kappa shape index (κ3) is 3.63. The van der Waals surface area contributed by atoms with E-state index in [4.69, 9.17) is 0 Å². The minimum atomic E-state index is -1.23. The van der Waals surface area contributed by atoms with Gasteiger partial charge in [0.05, 0.1) is 16.6 Å². The first kappa shape index (κ1) is 15.4. The molecule has 0 atom stereocenters. The summed E-state index contributed by atoms with van der Waals surface area (Å²) in [5.74, 6) is -2.39. The molecule has 0 saturated carbocycles. The molecule has 0 aliphatic heterocycles. The topological polar surface area (TPSA) is 63.5 Å². The van der Waals surface area contributed by atoms with Crippen molar-refractivity contribution >= 4 is 23.4 Å². The molecule has 1 rings (SSSR count). The number of amides is 1. The third-order valence-electron chi connectivity index (χ3n) is 2.44. The molecule has 0 bridgehead atoms. The van der Waals surface area contributed by atoms with E-state index >= 15 is 0 Å². The lowest BCUT2D eigenvalue weighted by Crippen LogP contribution is -2.29. The van der Waals surface area contributed by atoms with E-state index < -0.39 is 33.7 Å². The number of rotatable bonds is 5. The summed E-state index contributed by atoms with van der Waals surface area (Å²) in [5, 5.41) is 10.4. The number of halogens is 2. The zero-order valence-corrected chi connectivity index (χ0v) is 11.2. The molecule has 19 heavy (non-hydrogen) atoms. The molecule has 0 N–H and O–H groups in total. The van der Waals surface area contributed by atoms with Crippen molar-refractivity contribution in [2.24, 2.45) is 0 Å². The van der Waals surface area contributed by atoms with Crippen molar-refractivity contribution < 1.29 is 18.5 Å². The van der Waals surface area contributed by atoms with E-state index in [9.17, 15) is 23.7 Å². The Kier molecular flexibility index (Phi) is 5.22. The quantitative estimate of drug-likeness (QED) is 0.616. The lowest BCUT2D eigenvalue weighted by Gasteiger charge is -2.16. The first-order valence-electron chi connectivity index (χ1n) is 5.26. The van der Waals surface area contributed by atoms with Crippen LogP contribution in [-0.4, -0.2) is 41.3 Å². The average Bonchev–Trinajstić information content (AvgIpc) is 2.36. The molecule has 0 aromatic heterocycles. The van der Waals surface area contributed by atoms with Crippen LogP contribution in [0.2, 0.25) is 0 Å². The summed E-state index contributed by atoms with van der Waals surface area (Å²) in [6.07, 6.45) is 1.85. The van der Waals surface area contributed by atoms with Crippen LogP contribution in [-0.2, 0) is 0 Å². The Morgan fingerprint density at radius 2 is 2.05 bits per heavy atom. The van der Waals surface area contributed by atoms with E-state index in [1.54, 1.807) is 0 Å². The van der Waals surface area contributed by atoms with Gasteiger partial charge in [-0.2, -0.15) is 16.2 Å². The summed E-state index contributed by atoms with van der Waals surface area (Å²) in [4.78, 5) is 22.5. The zero-order chi connectivity index (χ0) is 14.6. The van der Waals surface area contributed by atoms with Gasteiger partial charge in [0, 0.05) is 19.3 Å². The van der Waals surface area contributed by atoms with Gasteiger partial charge in [-0.15, -0.1) is 0 Å². The molecule has 0 radical (unpaired) electrons.